The van der Waals surface area contributed by atoms with E-state index in [1.54, 1.807) is 12.2 Å². The molecule has 1 rings (SSSR count). The Kier molecular flexibility index (Phi) is 5.02. The molecule has 0 N–H and O–H groups in total. The topological polar surface area (TPSA) is 9.23 Å². The highest BCUT2D eigenvalue weighted by Crippen LogP contribution is 2.24. The van der Waals surface area contributed by atoms with Gasteiger partial charge in [0.2, 0.25) is 0 Å². The molecule has 1 aromatic rings. The predicted octanol–water partition coefficient (Wildman–Crippen LogP) is 4.40. The number of benzene rings is 1. The van der Waals surface area contributed by atoms with Crippen molar-refractivity contribution in [1.29, 1.82) is 0 Å². The first-order valence-corrected chi connectivity index (χ1v) is 5.60. The van der Waals surface area contributed by atoms with E-state index in [-0.39, 0.29) is 0 Å². The molecule has 0 atom stereocenters. The molecule has 1 aromatic carbocycles. The largest absolute Gasteiger partial charge is 0.494 e. The molecule has 0 radical (unpaired) electrons. The molecule has 0 unspecified atom stereocenters. The van der Waals surface area contributed by atoms with Crippen LogP contribution in [-0.4, -0.2) is 6.61 Å². The minimum atomic E-state index is 0.675. The number of hydrogen-bond donors (Lipinski definition) is 0. The Bertz CT molecular complexity index is 435. The molecular formula is C16H18O. The van der Waals surface area contributed by atoms with Gasteiger partial charge in [0, 0.05) is 0 Å². The SMILES string of the molecule is C=C/C=C(\C=C)C(=C)c1ccc(OCC)cc1. The highest BCUT2D eigenvalue weighted by atomic mass is 16.5. The van der Waals surface area contributed by atoms with Gasteiger partial charge in [0.1, 0.15) is 5.75 Å². The lowest BCUT2D eigenvalue weighted by Gasteiger charge is -2.08. The molecule has 0 bridgehead atoms. The van der Waals surface area contributed by atoms with Gasteiger partial charge in [-0.25, -0.2) is 0 Å². The van der Waals surface area contributed by atoms with Crippen LogP contribution in [0.4, 0.5) is 0 Å². The Labute approximate surface area is 103 Å². The quantitative estimate of drug-likeness (QED) is 0.653. The average Bonchev–Trinajstić information content (AvgIpc) is 2.36. The molecule has 0 aromatic heterocycles. The molecule has 1 nitrogen and oxygen atoms in total. The molecule has 0 heterocycles. The summed E-state index contributed by atoms with van der Waals surface area (Å²) in [6, 6.07) is 7.87. The van der Waals surface area contributed by atoms with E-state index >= 15 is 0 Å². The molecule has 0 aliphatic heterocycles. The summed E-state index contributed by atoms with van der Waals surface area (Å²) in [5.41, 5.74) is 2.97. The van der Waals surface area contributed by atoms with Crippen LogP contribution in [0.15, 0.2) is 67.8 Å². The van der Waals surface area contributed by atoms with Crippen LogP contribution in [0.2, 0.25) is 0 Å². The van der Waals surface area contributed by atoms with Crippen LogP contribution < -0.4 is 4.74 Å². The number of rotatable bonds is 6. The lowest BCUT2D eigenvalue weighted by Crippen LogP contribution is -1.92. The van der Waals surface area contributed by atoms with Crippen molar-refractivity contribution in [2.45, 2.75) is 6.92 Å². The molecule has 17 heavy (non-hydrogen) atoms. The second-order valence-electron chi connectivity index (χ2n) is 3.50. The zero-order valence-corrected chi connectivity index (χ0v) is 10.3. The van der Waals surface area contributed by atoms with E-state index in [0.717, 1.165) is 22.5 Å². The van der Waals surface area contributed by atoms with Gasteiger partial charge >= 0.3 is 0 Å². The maximum atomic E-state index is 5.39. The maximum absolute atomic E-state index is 5.39. The van der Waals surface area contributed by atoms with E-state index < -0.39 is 0 Å². The Morgan fingerprint density at radius 1 is 1.24 bits per heavy atom. The fraction of sp³-hybridized carbons (Fsp3) is 0.125. The highest BCUT2D eigenvalue weighted by molar-refractivity contribution is 5.80. The zero-order chi connectivity index (χ0) is 12.7. The number of hydrogen-bond acceptors (Lipinski definition) is 1. The van der Waals surface area contributed by atoms with Gasteiger partial charge in [-0.05, 0) is 35.8 Å². The van der Waals surface area contributed by atoms with Crippen molar-refractivity contribution in [3.8, 4) is 5.75 Å². The van der Waals surface area contributed by atoms with Gasteiger partial charge < -0.3 is 4.74 Å². The van der Waals surface area contributed by atoms with Crippen LogP contribution in [0.25, 0.3) is 5.57 Å². The van der Waals surface area contributed by atoms with Gasteiger partial charge in [-0.15, -0.1) is 0 Å². The van der Waals surface area contributed by atoms with E-state index in [9.17, 15) is 0 Å². The molecule has 0 fully saturated rings. The average molecular weight is 226 g/mol. The second-order valence-corrected chi connectivity index (χ2v) is 3.50. The molecule has 0 spiro atoms. The normalized spacial score (nSPS) is 10.8. The summed E-state index contributed by atoms with van der Waals surface area (Å²) in [7, 11) is 0. The van der Waals surface area contributed by atoms with Gasteiger partial charge in [0.15, 0.2) is 0 Å². The molecule has 1 heteroatoms. The Hall–Kier alpha value is -2.02. The van der Waals surface area contributed by atoms with Gasteiger partial charge in [0.05, 0.1) is 6.61 Å². The smallest absolute Gasteiger partial charge is 0.119 e. The predicted molar refractivity (Wildman–Crippen MR) is 75.1 cm³/mol. The van der Waals surface area contributed by atoms with Gasteiger partial charge in [0.25, 0.3) is 0 Å². The highest BCUT2D eigenvalue weighted by Gasteiger charge is 2.02. The monoisotopic (exact) mass is 226 g/mol. The number of ether oxygens (including phenoxy) is 1. The van der Waals surface area contributed by atoms with Crippen molar-refractivity contribution >= 4 is 5.57 Å². The van der Waals surface area contributed by atoms with Crippen molar-refractivity contribution in [2.75, 3.05) is 6.61 Å². The van der Waals surface area contributed by atoms with E-state index in [0.29, 0.717) is 6.61 Å². The summed E-state index contributed by atoms with van der Waals surface area (Å²) < 4.78 is 5.39. The van der Waals surface area contributed by atoms with Crippen molar-refractivity contribution in [3.05, 3.63) is 73.4 Å². The summed E-state index contributed by atoms with van der Waals surface area (Å²) >= 11 is 0. The first kappa shape index (κ1) is 13.0. The van der Waals surface area contributed by atoms with Gasteiger partial charge in [-0.1, -0.05) is 50.1 Å². The molecule has 0 saturated carbocycles. The minimum absolute atomic E-state index is 0.675. The Morgan fingerprint density at radius 3 is 2.35 bits per heavy atom. The van der Waals surface area contributed by atoms with Crippen LogP contribution in [0, 0.1) is 0 Å². The summed E-state index contributed by atoms with van der Waals surface area (Å²) in [6.07, 6.45) is 5.41. The zero-order valence-electron chi connectivity index (χ0n) is 10.3. The third-order valence-electron chi connectivity index (χ3n) is 2.38. The molecule has 0 saturated heterocycles. The third kappa shape index (κ3) is 3.49. The summed E-state index contributed by atoms with van der Waals surface area (Å²) in [5.74, 6) is 0.872. The van der Waals surface area contributed by atoms with Crippen LogP contribution in [0.3, 0.4) is 0 Å². The first-order chi connectivity index (χ1) is 8.22. The van der Waals surface area contributed by atoms with Crippen molar-refractivity contribution in [3.63, 3.8) is 0 Å². The Balaban J connectivity index is 2.93. The van der Waals surface area contributed by atoms with Gasteiger partial charge in [-0.2, -0.15) is 0 Å². The fourth-order valence-electron chi connectivity index (χ4n) is 1.50. The Morgan fingerprint density at radius 2 is 1.88 bits per heavy atom. The van der Waals surface area contributed by atoms with Crippen molar-refractivity contribution in [1.82, 2.24) is 0 Å². The van der Waals surface area contributed by atoms with Crippen LogP contribution in [-0.2, 0) is 0 Å². The number of allylic oxidation sites excluding steroid dienone is 5. The lowest BCUT2D eigenvalue weighted by atomic mass is 9.99. The molecule has 88 valence electrons. The minimum Gasteiger partial charge on any atom is -0.494 e. The van der Waals surface area contributed by atoms with Crippen LogP contribution in [0.5, 0.6) is 5.75 Å². The summed E-state index contributed by atoms with van der Waals surface area (Å²) in [4.78, 5) is 0. The van der Waals surface area contributed by atoms with Crippen LogP contribution in [0.1, 0.15) is 12.5 Å². The van der Waals surface area contributed by atoms with E-state index in [4.69, 9.17) is 4.74 Å². The molecular weight excluding hydrogens is 208 g/mol. The second kappa shape index (κ2) is 6.54. The third-order valence-corrected chi connectivity index (χ3v) is 2.38. The molecule has 0 aliphatic rings. The lowest BCUT2D eigenvalue weighted by molar-refractivity contribution is 0.340. The summed E-state index contributed by atoms with van der Waals surface area (Å²) in [6.45, 7) is 14.2. The molecule has 0 amide bonds. The van der Waals surface area contributed by atoms with Crippen molar-refractivity contribution in [2.24, 2.45) is 0 Å². The fourth-order valence-corrected chi connectivity index (χ4v) is 1.50. The van der Waals surface area contributed by atoms with E-state index in [1.807, 2.05) is 37.3 Å². The van der Waals surface area contributed by atoms with Crippen molar-refractivity contribution < 1.29 is 4.74 Å². The van der Waals surface area contributed by atoms with E-state index in [1.165, 1.54) is 0 Å². The standard InChI is InChI=1S/C16H18O/c1-5-8-14(6-2)13(4)15-9-11-16(12-10-15)17-7-3/h5-6,8-12H,1-2,4,7H2,3H3/b14-8+. The van der Waals surface area contributed by atoms with Gasteiger partial charge in [-0.3, -0.25) is 0 Å². The van der Waals surface area contributed by atoms with E-state index in [2.05, 4.69) is 19.7 Å². The molecule has 0 aliphatic carbocycles. The maximum Gasteiger partial charge on any atom is 0.119 e. The van der Waals surface area contributed by atoms with Crippen LogP contribution >= 0.6 is 0 Å². The first-order valence-electron chi connectivity index (χ1n) is 5.60. The summed E-state index contributed by atoms with van der Waals surface area (Å²) in [5, 5.41) is 0.